The minimum Gasteiger partial charge on any atom is -0.448 e. The standard InChI is InChI=1S/C28H25F3N2O3/c29-28(30,31)24-10-5-13-32-25(24)27(35)14-17-11-12-18(15-27)33(17)26(34)36-16-23-21-8-3-1-6-19(21)20-7-2-4-9-22(20)23/h1-10,13,17-18,23,35H,11-12,14-16H2. The van der Waals surface area contributed by atoms with E-state index in [1.807, 2.05) is 36.4 Å². The number of halogens is 3. The molecule has 186 valence electrons. The molecule has 1 amide bonds. The summed E-state index contributed by atoms with van der Waals surface area (Å²) in [6.07, 6.45) is -2.65. The number of hydrogen-bond acceptors (Lipinski definition) is 4. The first-order valence-corrected chi connectivity index (χ1v) is 12.1. The molecule has 2 fully saturated rings. The van der Waals surface area contributed by atoms with Crippen LogP contribution in [0.15, 0.2) is 66.9 Å². The number of piperidine rings is 1. The Hall–Kier alpha value is -3.39. The van der Waals surface area contributed by atoms with Crippen LogP contribution in [-0.2, 0) is 16.5 Å². The zero-order chi connectivity index (χ0) is 25.1. The summed E-state index contributed by atoms with van der Waals surface area (Å²) in [5.74, 6) is -0.0800. The van der Waals surface area contributed by atoms with Gasteiger partial charge in [0.25, 0.3) is 0 Å². The predicted molar refractivity (Wildman–Crippen MR) is 126 cm³/mol. The zero-order valence-electron chi connectivity index (χ0n) is 19.4. The lowest BCUT2D eigenvalue weighted by Gasteiger charge is -2.43. The first-order valence-electron chi connectivity index (χ1n) is 12.1. The lowest BCUT2D eigenvalue weighted by atomic mass is 9.81. The van der Waals surface area contributed by atoms with Gasteiger partial charge in [-0.2, -0.15) is 13.2 Å². The first kappa shape index (κ1) is 23.0. The number of alkyl halides is 3. The molecule has 0 radical (unpaired) electrons. The number of nitrogens with zero attached hydrogens (tertiary/aromatic N) is 2. The zero-order valence-corrected chi connectivity index (χ0v) is 19.4. The molecule has 2 unspecified atom stereocenters. The number of hydrogen-bond donors (Lipinski definition) is 1. The van der Waals surface area contributed by atoms with Crippen molar-refractivity contribution in [2.45, 2.75) is 55.5 Å². The number of aromatic nitrogens is 1. The minimum atomic E-state index is -4.62. The fourth-order valence-electron chi connectivity index (χ4n) is 6.39. The van der Waals surface area contributed by atoms with Crippen molar-refractivity contribution < 1.29 is 27.8 Å². The molecule has 0 saturated carbocycles. The molecule has 2 bridgehead atoms. The molecule has 36 heavy (non-hydrogen) atoms. The van der Waals surface area contributed by atoms with Crippen LogP contribution in [0.2, 0.25) is 0 Å². The Morgan fingerprint density at radius 2 is 1.56 bits per heavy atom. The third kappa shape index (κ3) is 3.66. The normalized spacial score (nSPS) is 24.9. The van der Waals surface area contributed by atoms with E-state index in [-0.39, 0.29) is 31.1 Å². The lowest BCUT2D eigenvalue weighted by Crippen LogP contribution is -2.53. The van der Waals surface area contributed by atoms with E-state index in [2.05, 4.69) is 17.1 Å². The van der Waals surface area contributed by atoms with Crippen LogP contribution in [0.4, 0.5) is 18.0 Å². The fourth-order valence-corrected chi connectivity index (χ4v) is 6.39. The molecule has 1 N–H and O–H groups in total. The van der Waals surface area contributed by atoms with Crippen LogP contribution < -0.4 is 0 Å². The van der Waals surface area contributed by atoms with Crippen LogP contribution in [0.3, 0.4) is 0 Å². The van der Waals surface area contributed by atoms with Crippen molar-refractivity contribution in [1.29, 1.82) is 0 Å². The summed E-state index contributed by atoms with van der Waals surface area (Å²) in [4.78, 5) is 18.8. The highest BCUT2D eigenvalue weighted by atomic mass is 19.4. The number of fused-ring (bicyclic) bond motifs is 5. The average molecular weight is 495 g/mol. The number of pyridine rings is 1. The Labute approximate surface area is 206 Å². The molecule has 2 atom stereocenters. The van der Waals surface area contributed by atoms with Gasteiger partial charge in [-0.25, -0.2) is 4.79 Å². The molecule has 2 saturated heterocycles. The lowest BCUT2D eigenvalue weighted by molar-refractivity contribution is -0.143. The Morgan fingerprint density at radius 3 is 2.14 bits per heavy atom. The third-order valence-corrected chi connectivity index (χ3v) is 7.87. The fraction of sp³-hybridized carbons (Fsp3) is 0.357. The highest BCUT2D eigenvalue weighted by Gasteiger charge is 2.53. The number of rotatable bonds is 3. The number of carbonyl (C=O) groups excluding carboxylic acids is 1. The highest BCUT2D eigenvalue weighted by Crippen LogP contribution is 2.49. The maximum Gasteiger partial charge on any atom is 0.418 e. The van der Waals surface area contributed by atoms with E-state index >= 15 is 0 Å². The summed E-state index contributed by atoms with van der Waals surface area (Å²) in [7, 11) is 0. The molecule has 8 heteroatoms. The van der Waals surface area contributed by atoms with Gasteiger partial charge in [0.1, 0.15) is 12.2 Å². The summed E-state index contributed by atoms with van der Waals surface area (Å²) in [6, 6.07) is 17.5. The Balaban J connectivity index is 1.20. The molecule has 2 aliphatic heterocycles. The van der Waals surface area contributed by atoms with Crippen molar-refractivity contribution in [1.82, 2.24) is 9.88 Å². The summed E-state index contributed by atoms with van der Waals surface area (Å²) in [5.41, 5.74) is 1.44. The van der Waals surface area contributed by atoms with Crippen molar-refractivity contribution in [3.8, 4) is 11.1 Å². The Bertz CT molecular complexity index is 1270. The maximum atomic E-state index is 13.6. The van der Waals surface area contributed by atoms with Crippen molar-refractivity contribution in [2.24, 2.45) is 0 Å². The summed E-state index contributed by atoms with van der Waals surface area (Å²) in [6.45, 7) is 0.172. The maximum absolute atomic E-state index is 13.6. The van der Waals surface area contributed by atoms with Gasteiger partial charge in [-0.15, -0.1) is 0 Å². The molecule has 1 aliphatic carbocycles. The van der Waals surface area contributed by atoms with Gasteiger partial charge in [0, 0.05) is 37.0 Å². The van der Waals surface area contributed by atoms with E-state index < -0.39 is 35.5 Å². The van der Waals surface area contributed by atoms with E-state index in [1.165, 1.54) is 12.3 Å². The second-order valence-corrected chi connectivity index (χ2v) is 9.93. The highest BCUT2D eigenvalue weighted by molar-refractivity contribution is 5.79. The predicted octanol–water partition coefficient (Wildman–Crippen LogP) is 5.86. The van der Waals surface area contributed by atoms with Gasteiger partial charge in [0.05, 0.1) is 11.3 Å². The van der Waals surface area contributed by atoms with E-state index in [9.17, 15) is 23.1 Å². The van der Waals surface area contributed by atoms with Gasteiger partial charge < -0.3 is 14.7 Å². The quantitative estimate of drug-likeness (QED) is 0.495. The van der Waals surface area contributed by atoms with Crippen LogP contribution in [-0.4, -0.2) is 39.8 Å². The minimum absolute atomic E-state index is 0.00616. The van der Waals surface area contributed by atoms with Crippen LogP contribution in [0.5, 0.6) is 0 Å². The third-order valence-electron chi connectivity index (χ3n) is 7.87. The molecule has 2 aromatic carbocycles. The molecular formula is C28H25F3N2O3. The topological polar surface area (TPSA) is 62.7 Å². The number of amides is 1. The molecule has 3 aromatic rings. The van der Waals surface area contributed by atoms with E-state index in [0.717, 1.165) is 28.3 Å². The summed E-state index contributed by atoms with van der Waals surface area (Å²) >= 11 is 0. The first-order chi connectivity index (χ1) is 17.3. The number of carbonyl (C=O) groups is 1. The molecule has 5 nitrogen and oxygen atoms in total. The van der Waals surface area contributed by atoms with Crippen LogP contribution in [0.25, 0.3) is 11.1 Å². The average Bonchev–Trinajstić information content (AvgIpc) is 3.34. The van der Waals surface area contributed by atoms with E-state index in [0.29, 0.717) is 12.8 Å². The van der Waals surface area contributed by atoms with Crippen LogP contribution in [0, 0.1) is 0 Å². The van der Waals surface area contributed by atoms with Gasteiger partial charge in [-0.3, -0.25) is 4.98 Å². The monoisotopic (exact) mass is 494 g/mol. The number of ether oxygens (including phenoxy) is 1. The second kappa shape index (κ2) is 8.34. The SMILES string of the molecule is O=C(OCC1c2ccccc2-c2ccccc21)N1C2CCC1CC(O)(c1ncccc1C(F)(F)F)C2. The number of benzene rings is 2. The van der Waals surface area contributed by atoms with Gasteiger partial charge in [0.15, 0.2) is 0 Å². The Kier molecular flexibility index (Phi) is 5.33. The van der Waals surface area contributed by atoms with Crippen molar-refractivity contribution in [3.63, 3.8) is 0 Å². The molecule has 6 rings (SSSR count). The van der Waals surface area contributed by atoms with Crippen molar-refractivity contribution >= 4 is 6.09 Å². The summed E-state index contributed by atoms with van der Waals surface area (Å²) < 4.78 is 46.7. The van der Waals surface area contributed by atoms with Crippen LogP contribution in [0.1, 0.15) is 54.0 Å². The second-order valence-electron chi connectivity index (χ2n) is 9.93. The number of aliphatic hydroxyl groups is 1. The van der Waals surface area contributed by atoms with Crippen LogP contribution >= 0.6 is 0 Å². The molecule has 1 aromatic heterocycles. The van der Waals surface area contributed by atoms with Gasteiger partial charge in [-0.1, -0.05) is 48.5 Å². The Morgan fingerprint density at radius 1 is 0.972 bits per heavy atom. The van der Waals surface area contributed by atoms with Crippen molar-refractivity contribution in [3.05, 3.63) is 89.2 Å². The molecule has 3 aliphatic rings. The summed E-state index contributed by atoms with van der Waals surface area (Å²) in [5, 5.41) is 11.3. The van der Waals surface area contributed by atoms with Crippen molar-refractivity contribution in [2.75, 3.05) is 6.61 Å². The van der Waals surface area contributed by atoms with E-state index in [4.69, 9.17) is 4.74 Å². The smallest absolute Gasteiger partial charge is 0.418 e. The molecular weight excluding hydrogens is 469 g/mol. The van der Waals surface area contributed by atoms with Gasteiger partial charge in [-0.05, 0) is 47.2 Å². The molecule has 0 spiro atoms. The van der Waals surface area contributed by atoms with E-state index in [1.54, 1.807) is 4.90 Å². The largest absolute Gasteiger partial charge is 0.448 e. The van der Waals surface area contributed by atoms with Gasteiger partial charge in [0.2, 0.25) is 0 Å². The van der Waals surface area contributed by atoms with Gasteiger partial charge >= 0.3 is 12.3 Å². The molecule has 3 heterocycles.